The van der Waals surface area contributed by atoms with E-state index < -0.39 is 0 Å². The molecule has 0 spiro atoms. The van der Waals surface area contributed by atoms with Crippen molar-refractivity contribution >= 4 is 17.5 Å². The van der Waals surface area contributed by atoms with Crippen molar-refractivity contribution in [3.8, 4) is 0 Å². The minimum Gasteiger partial charge on any atom is -0.383 e. The SMILES string of the molecule is COCCNCC(=O)Nc1cccc(CC(=O)N2CCN(C)CC2)c1. The molecular weight excluding hydrogens is 320 g/mol. The van der Waals surface area contributed by atoms with Crippen LogP contribution in [0.4, 0.5) is 5.69 Å². The van der Waals surface area contributed by atoms with E-state index in [1.807, 2.05) is 29.2 Å². The molecule has 0 saturated carbocycles. The average molecular weight is 348 g/mol. The van der Waals surface area contributed by atoms with Crippen LogP contribution in [-0.2, 0) is 20.7 Å². The number of carbonyl (C=O) groups excluding carboxylic acids is 2. The summed E-state index contributed by atoms with van der Waals surface area (Å²) >= 11 is 0. The molecule has 0 aromatic heterocycles. The minimum atomic E-state index is -0.112. The van der Waals surface area contributed by atoms with Gasteiger partial charge in [0, 0.05) is 45.5 Å². The van der Waals surface area contributed by atoms with E-state index in [1.54, 1.807) is 7.11 Å². The first-order valence-corrected chi connectivity index (χ1v) is 8.63. The van der Waals surface area contributed by atoms with Gasteiger partial charge in [-0.3, -0.25) is 9.59 Å². The highest BCUT2D eigenvalue weighted by Gasteiger charge is 2.19. The van der Waals surface area contributed by atoms with E-state index >= 15 is 0 Å². The predicted molar refractivity (Wildman–Crippen MR) is 97.6 cm³/mol. The third-order valence-corrected chi connectivity index (χ3v) is 4.19. The molecule has 0 aliphatic carbocycles. The Bertz CT molecular complexity index is 571. The first kappa shape index (κ1) is 19.4. The van der Waals surface area contributed by atoms with Crippen molar-refractivity contribution in [2.24, 2.45) is 0 Å². The lowest BCUT2D eigenvalue weighted by Crippen LogP contribution is -2.47. The van der Waals surface area contributed by atoms with Gasteiger partial charge in [0.05, 0.1) is 19.6 Å². The number of likely N-dealkylation sites (N-methyl/N-ethyl adjacent to an activating group) is 1. The Kier molecular flexibility index (Phi) is 7.84. The number of nitrogens with one attached hydrogen (secondary N) is 2. The summed E-state index contributed by atoms with van der Waals surface area (Å²) in [5.74, 6) is 0.0245. The van der Waals surface area contributed by atoms with E-state index in [9.17, 15) is 9.59 Å². The molecule has 1 aliphatic rings. The van der Waals surface area contributed by atoms with E-state index in [0.717, 1.165) is 31.7 Å². The molecule has 1 saturated heterocycles. The first-order valence-electron chi connectivity index (χ1n) is 8.63. The summed E-state index contributed by atoms with van der Waals surface area (Å²) < 4.78 is 4.92. The van der Waals surface area contributed by atoms with Crippen LogP contribution in [0, 0.1) is 0 Å². The fourth-order valence-electron chi connectivity index (χ4n) is 2.68. The van der Waals surface area contributed by atoms with Gasteiger partial charge < -0.3 is 25.2 Å². The lowest BCUT2D eigenvalue weighted by molar-refractivity contribution is -0.132. The molecule has 2 rings (SSSR count). The van der Waals surface area contributed by atoms with Crippen molar-refractivity contribution in [2.75, 3.05) is 65.3 Å². The number of hydrogen-bond donors (Lipinski definition) is 2. The average Bonchev–Trinajstić information content (AvgIpc) is 2.59. The normalized spacial score (nSPS) is 15.2. The highest BCUT2D eigenvalue weighted by Crippen LogP contribution is 2.13. The maximum Gasteiger partial charge on any atom is 0.238 e. The van der Waals surface area contributed by atoms with E-state index in [1.165, 1.54) is 0 Å². The van der Waals surface area contributed by atoms with Crippen molar-refractivity contribution in [1.82, 2.24) is 15.1 Å². The Balaban J connectivity index is 1.82. The van der Waals surface area contributed by atoms with Gasteiger partial charge in [0.2, 0.25) is 11.8 Å². The lowest BCUT2D eigenvalue weighted by atomic mass is 10.1. The topological polar surface area (TPSA) is 73.9 Å². The second-order valence-electron chi connectivity index (χ2n) is 6.28. The second kappa shape index (κ2) is 10.1. The summed E-state index contributed by atoms with van der Waals surface area (Å²) in [6.45, 7) is 4.81. The summed E-state index contributed by atoms with van der Waals surface area (Å²) in [5, 5.41) is 5.84. The number of methoxy groups -OCH3 is 1. The van der Waals surface area contributed by atoms with Crippen LogP contribution < -0.4 is 10.6 Å². The monoisotopic (exact) mass is 348 g/mol. The Morgan fingerprint density at radius 3 is 2.68 bits per heavy atom. The smallest absolute Gasteiger partial charge is 0.238 e. The highest BCUT2D eigenvalue weighted by molar-refractivity contribution is 5.92. The molecule has 1 aromatic rings. The summed E-state index contributed by atoms with van der Waals surface area (Å²) in [7, 11) is 3.69. The quantitative estimate of drug-likeness (QED) is 0.656. The molecule has 0 bridgehead atoms. The Morgan fingerprint density at radius 2 is 1.96 bits per heavy atom. The summed E-state index contributed by atoms with van der Waals surface area (Å²) in [4.78, 5) is 28.4. The molecule has 1 heterocycles. The van der Waals surface area contributed by atoms with Crippen LogP contribution in [0.5, 0.6) is 0 Å². The predicted octanol–water partition coefficient (Wildman–Crippen LogP) is 0.178. The van der Waals surface area contributed by atoms with E-state index in [-0.39, 0.29) is 18.4 Å². The van der Waals surface area contributed by atoms with E-state index in [0.29, 0.717) is 25.3 Å². The van der Waals surface area contributed by atoms with Gasteiger partial charge in [0.15, 0.2) is 0 Å². The van der Waals surface area contributed by atoms with Crippen molar-refractivity contribution in [2.45, 2.75) is 6.42 Å². The van der Waals surface area contributed by atoms with Crippen molar-refractivity contribution in [3.05, 3.63) is 29.8 Å². The zero-order valence-electron chi connectivity index (χ0n) is 15.1. The van der Waals surface area contributed by atoms with Gasteiger partial charge in [-0.1, -0.05) is 12.1 Å². The van der Waals surface area contributed by atoms with Crippen LogP contribution in [-0.4, -0.2) is 81.6 Å². The summed E-state index contributed by atoms with van der Waals surface area (Å²) in [5.41, 5.74) is 1.62. The van der Waals surface area contributed by atoms with Gasteiger partial charge >= 0.3 is 0 Å². The van der Waals surface area contributed by atoms with E-state index in [2.05, 4.69) is 22.6 Å². The molecule has 7 heteroatoms. The molecule has 25 heavy (non-hydrogen) atoms. The van der Waals surface area contributed by atoms with Gasteiger partial charge in [-0.25, -0.2) is 0 Å². The van der Waals surface area contributed by atoms with Crippen LogP contribution in [0.1, 0.15) is 5.56 Å². The molecular formula is C18H28N4O3. The Hall–Kier alpha value is -1.96. The molecule has 1 aliphatic heterocycles. The zero-order chi connectivity index (χ0) is 18.1. The van der Waals surface area contributed by atoms with Crippen LogP contribution in [0.15, 0.2) is 24.3 Å². The molecule has 0 atom stereocenters. The van der Waals surface area contributed by atoms with Crippen LogP contribution in [0.25, 0.3) is 0 Å². The number of benzene rings is 1. The highest BCUT2D eigenvalue weighted by atomic mass is 16.5. The molecule has 0 radical (unpaired) electrons. The zero-order valence-corrected chi connectivity index (χ0v) is 15.1. The minimum absolute atomic E-state index is 0.112. The number of carbonyl (C=O) groups is 2. The summed E-state index contributed by atoms with van der Waals surface area (Å²) in [6, 6.07) is 7.47. The molecule has 1 aromatic carbocycles. The largest absolute Gasteiger partial charge is 0.383 e. The number of piperazine rings is 1. The van der Waals surface area contributed by atoms with Crippen LogP contribution in [0.3, 0.4) is 0 Å². The third kappa shape index (κ3) is 6.81. The molecule has 2 N–H and O–H groups in total. The van der Waals surface area contributed by atoms with Gasteiger partial charge in [-0.05, 0) is 24.7 Å². The second-order valence-corrected chi connectivity index (χ2v) is 6.28. The number of nitrogens with zero attached hydrogens (tertiary/aromatic N) is 2. The number of anilines is 1. The summed E-state index contributed by atoms with van der Waals surface area (Å²) in [6.07, 6.45) is 0.361. The number of amides is 2. The fourth-order valence-corrected chi connectivity index (χ4v) is 2.68. The number of rotatable bonds is 8. The lowest BCUT2D eigenvalue weighted by Gasteiger charge is -2.32. The van der Waals surface area contributed by atoms with Crippen molar-refractivity contribution in [1.29, 1.82) is 0 Å². The molecule has 7 nitrogen and oxygen atoms in total. The Morgan fingerprint density at radius 1 is 1.20 bits per heavy atom. The number of hydrogen-bond acceptors (Lipinski definition) is 5. The van der Waals surface area contributed by atoms with E-state index in [4.69, 9.17) is 4.74 Å². The number of ether oxygens (including phenoxy) is 1. The van der Waals surface area contributed by atoms with Gasteiger partial charge in [0.1, 0.15) is 0 Å². The maximum absolute atomic E-state index is 12.4. The van der Waals surface area contributed by atoms with Gasteiger partial charge in [0.25, 0.3) is 0 Å². The maximum atomic E-state index is 12.4. The molecule has 138 valence electrons. The van der Waals surface area contributed by atoms with Gasteiger partial charge in [-0.15, -0.1) is 0 Å². The molecule has 0 unspecified atom stereocenters. The molecule has 2 amide bonds. The van der Waals surface area contributed by atoms with Gasteiger partial charge in [-0.2, -0.15) is 0 Å². The van der Waals surface area contributed by atoms with Crippen LogP contribution in [0.2, 0.25) is 0 Å². The first-order chi connectivity index (χ1) is 12.1. The standard InChI is InChI=1S/C18H28N4O3/c1-21-7-9-22(10-8-21)18(24)13-15-4-3-5-16(12-15)20-17(23)14-19-6-11-25-2/h3-5,12,19H,6-11,13-14H2,1-2H3,(H,20,23). The van der Waals surface area contributed by atoms with Crippen molar-refractivity contribution < 1.29 is 14.3 Å². The third-order valence-electron chi connectivity index (χ3n) is 4.19. The molecule has 1 fully saturated rings. The van der Waals surface area contributed by atoms with Crippen LogP contribution >= 0.6 is 0 Å². The Labute approximate surface area is 149 Å². The van der Waals surface area contributed by atoms with Crippen molar-refractivity contribution in [3.63, 3.8) is 0 Å². The fraction of sp³-hybridized carbons (Fsp3) is 0.556.